The van der Waals surface area contributed by atoms with E-state index in [0.29, 0.717) is 6.04 Å². The minimum Gasteiger partial charge on any atom is -0.329 e. The Kier molecular flexibility index (Phi) is 6.28. The quantitative estimate of drug-likeness (QED) is 0.856. The molecule has 2 rings (SSSR count). The van der Waals surface area contributed by atoms with E-state index < -0.39 is 0 Å². The smallest absolute Gasteiger partial charge is 0.0252 e. The van der Waals surface area contributed by atoms with Gasteiger partial charge in [0.05, 0.1) is 0 Å². The first-order valence-corrected chi connectivity index (χ1v) is 7.95. The largest absolute Gasteiger partial charge is 0.329 e. The van der Waals surface area contributed by atoms with Crippen molar-refractivity contribution in [3.05, 3.63) is 42.0 Å². The third-order valence-corrected chi connectivity index (χ3v) is 4.52. The van der Waals surface area contributed by atoms with Gasteiger partial charge in [-0.1, -0.05) is 61.7 Å². The van der Waals surface area contributed by atoms with E-state index in [1.54, 1.807) is 0 Å². The minimum absolute atomic E-state index is 0.470. The van der Waals surface area contributed by atoms with E-state index in [1.165, 1.54) is 37.7 Å². The van der Waals surface area contributed by atoms with Crippen LogP contribution in [0.25, 0.3) is 6.08 Å². The van der Waals surface area contributed by atoms with E-state index in [4.69, 9.17) is 5.73 Å². The van der Waals surface area contributed by atoms with Crippen LogP contribution in [0.15, 0.2) is 36.4 Å². The van der Waals surface area contributed by atoms with Gasteiger partial charge in [0.25, 0.3) is 0 Å². The molecule has 1 atom stereocenters. The first-order chi connectivity index (χ1) is 9.81. The summed E-state index contributed by atoms with van der Waals surface area (Å²) in [7, 11) is 2.25. The Morgan fingerprint density at radius 3 is 2.55 bits per heavy atom. The maximum absolute atomic E-state index is 5.98. The van der Waals surface area contributed by atoms with Crippen molar-refractivity contribution < 1.29 is 0 Å². The molecule has 0 saturated heterocycles. The molecule has 1 saturated carbocycles. The number of rotatable bonds is 6. The minimum atomic E-state index is 0.470. The van der Waals surface area contributed by atoms with Crippen molar-refractivity contribution >= 4 is 6.08 Å². The molecule has 1 fully saturated rings. The van der Waals surface area contributed by atoms with Gasteiger partial charge in [-0.3, -0.25) is 4.90 Å². The van der Waals surface area contributed by atoms with Gasteiger partial charge in [0.1, 0.15) is 0 Å². The molecule has 1 unspecified atom stereocenters. The molecule has 2 heteroatoms. The summed E-state index contributed by atoms with van der Waals surface area (Å²) in [5.74, 6) is 0. The normalized spacial score (nSPS) is 18.8. The summed E-state index contributed by atoms with van der Waals surface area (Å²) in [6.45, 7) is 0.742. The number of nitrogens with two attached hydrogens (primary N) is 1. The van der Waals surface area contributed by atoms with Crippen LogP contribution >= 0.6 is 0 Å². The molecule has 2 nitrogen and oxygen atoms in total. The molecule has 0 radical (unpaired) electrons. The predicted molar refractivity (Wildman–Crippen MR) is 87.6 cm³/mol. The zero-order valence-electron chi connectivity index (χ0n) is 12.7. The van der Waals surface area contributed by atoms with E-state index in [9.17, 15) is 0 Å². The molecule has 1 aliphatic carbocycles. The lowest BCUT2D eigenvalue weighted by Gasteiger charge is -2.36. The Balaban J connectivity index is 1.86. The fourth-order valence-electron chi connectivity index (χ4n) is 3.14. The van der Waals surface area contributed by atoms with Crippen LogP contribution in [-0.4, -0.2) is 30.6 Å². The third-order valence-electron chi connectivity index (χ3n) is 4.52. The summed E-state index contributed by atoms with van der Waals surface area (Å²) in [5.41, 5.74) is 7.25. The molecule has 110 valence electrons. The predicted octanol–water partition coefficient (Wildman–Crippen LogP) is 3.68. The SMILES string of the molecule is CN(C(CN)C/C=C\c1ccccc1)C1CCCCC1. The second-order valence-corrected chi connectivity index (χ2v) is 5.90. The highest BCUT2D eigenvalue weighted by molar-refractivity contribution is 5.48. The topological polar surface area (TPSA) is 29.3 Å². The molecule has 2 N–H and O–H groups in total. The molecular weight excluding hydrogens is 244 g/mol. The standard InChI is InChI=1S/C18H28N2/c1-20(17-12-6-3-7-13-17)18(15-19)14-8-11-16-9-4-2-5-10-16/h2,4-5,8-11,17-18H,3,6-7,12-15,19H2,1H3/b11-8-. The molecular formula is C18H28N2. The van der Waals surface area contributed by atoms with Crippen molar-refractivity contribution in [3.8, 4) is 0 Å². The van der Waals surface area contributed by atoms with Crippen LogP contribution in [-0.2, 0) is 0 Å². The lowest BCUT2D eigenvalue weighted by atomic mass is 9.93. The third kappa shape index (κ3) is 4.46. The van der Waals surface area contributed by atoms with Crippen molar-refractivity contribution in [1.29, 1.82) is 0 Å². The van der Waals surface area contributed by atoms with Crippen molar-refractivity contribution in [1.82, 2.24) is 4.90 Å². The maximum atomic E-state index is 5.98. The molecule has 0 bridgehead atoms. The van der Waals surface area contributed by atoms with Gasteiger partial charge in [-0.05, 0) is 31.9 Å². The molecule has 0 amide bonds. The monoisotopic (exact) mass is 272 g/mol. The second-order valence-electron chi connectivity index (χ2n) is 5.90. The lowest BCUT2D eigenvalue weighted by Crippen LogP contribution is -2.44. The van der Waals surface area contributed by atoms with Gasteiger partial charge in [0.15, 0.2) is 0 Å². The van der Waals surface area contributed by atoms with Crippen LogP contribution in [0.5, 0.6) is 0 Å². The van der Waals surface area contributed by atoms with Gasteiger partial charge in [-0.15, -0.1) is 0 Å². The average molecular weight is 272 g/mol. The molecule has 0 aromatic heterocycles. The maximum Gasteiger partial charge on any atom is 0.0252 e. The number of likely N-dealkylation sites (N-methyl/N-ethyl adjacent to an activating group) is 1. The van der Waals surface area contributed by atoms with Crippen LogP contribution in [0.4, 0.5) is 0 Å². The summed E-state index contributed by atoms with van der Waals surface area (Å²) < 4.78 is 0. The fourth-order valence-corrected chi connectivity index (χ4v) is 3.14. The highest BCUT2D eigenvalue weighted by Gasteiger charge is 2.22. The van der Waals surface area contributed by atoms with Crippen LogP contribution in [0, 0.1) is 0 Å². The fraction of sp³-hybridized carbons (Fsp3) is 0.556. The van der Waals surface area contributed by atoms with Gasteiger partial charge >= 0.3 is 0 Å². The van der Waals surface area contributed by atoms with Crippen LogP contribution in [0.2, 0.25) is 0 Å². The highest BCUT2D eigenvalue weighted by atomic mass is 15.2. The average Bonchev–Trinajstić information content (AvgIpc) is 2.53. The molecule has 0 heterocycles. The molecule has 0 spiro atoms. The Labute approximate surface area is 123 Å². The van der Waals surface area contributed by atoms with Gasteiger partial charge in [-0.25, -0.2) is 0 Å². The summed E-state index contributed by atoms with van der Waals surface area (Å²) in [6, 6.07) is 11.7. The van der Waals surface area contributed by atoms with E-state index in [0.717, 1.165) is 19.0 Å². The van der Waals surface area contributed by atoms with Gasteiger partial charge in [0.2, 0.25) is 0 Å². The summed E-state index contributed by atoms with van der Waals surface area (Å²) in [5, 5.41) is 0. The van der Waals surface area contributed by atoms with Crippen molar-refractivity contribution in [2.45, 2.75) is 50.6 Å². The summed E-state index contributed by atoms with van der Waals surface area (Å²) in [4.78, 5) is 2.52. The Bertz CT molecular complexity index is 393. The van der Waals surface area contributed by atoms with Gasteiger partial charge in [0, 0.05) is 18.6 Å². The number of hydrogen-bond donors (Lipinski definition) is 1. The van der Waals surface area contributed by atoms with E-state index in [1.807, 2.05) is 0 Å². The molecule has 1 aliphatic rings. The molecule has 0 aliphatic heterocycles. The molecule has 1 aromatic rings. The van der Waals surface area contributed by atoms with E-state index in [-0.39, 0.29) is 0 Å². The highest BCUT2D eigenvalue weighted by Crippen LogP contribution is 2.23. The second kappa shape index (κ2) is 8.23. The van der Waals surface area contributed by atoms with Crippen molar-refractivity contribution in [2.75, 3.05) is 13.6 Å². The van der Waals surface area contributed by atoms with Gasteiger partial charge in [-0.2, -0.15) is 0 Å². The van der Waals surface area contributed by atoms with Crippen molar-refractivity contribution in [2.24, 2.45) is 5.73 Å². The van der Waals surface area contributed by atoms with Crippen LogP contribution in [0.3, 0.4) is 0 Å². The summed E-state index contributed by atoms with van der Waals surface area (Å²) in [6.07, 6.45) is 12.4. The number of hydrogen-bond acceptors (Lipinski definition) is 2. The summed E-state index contributed by atoms with van der Waals surface area (Å²) >= 11 is 0. The molecule has 20 heavy (non-hydrogen) atoms. The van der Waals surface area contributed by atoms with Gasteiger partial charge < -0.3 is 5.73 Å². The van der Waals surface area contributed by atoms with E-state index >= 15 is 0 Å². The zero-order valence-corrected chi connectivity index (χ0v) is 12.7. The lowest BCUT2D eigenvalue weighted by molar-refractivity contribution is 0.141. The van der Waals surface area contributed by atoms with Crippen LogP contribution in [0.1, 0.15) is 44.1 Å². The Morgan fingerprint density at radius 1 is 1.20 bits per heavy atom. The van der Waals surface area contributed by atoms with E-state index in [2.05, 4.69) is 54.4 Å². The first-order valence-electron chi connectivity index (χ1n) is 7.95. The first kappa shape index (κ1) is 15.3. The molecule has 1 aromatic carbocycles. The number of benzene rings is 1. The zero-order chi connectivity index (χ0) is 14.2. The van der Waals surface area contributed by atoms with Crippen molar-refractivity contribution in [3.63, 3.8) is 0 Å². The number of nitrogens with zero attached hydrogens (tertiary/aromatic N) is 1. The Hall–Kier alpha value is -1.12. The van der Waals surface area contributed by atoms with Crippen LogP contribution < -0.4 is 5.73 Å². The Morgan fingerprint density at radius 2 is 1.90 bits per heavy atom.